The lowest BCUT2D eigenvalue weighted by atomic mass is 10.0. The molecular weight excluding hydrogens is 395 g/mol. The number of anilines is 1. The Labute approximate surface area is 144 Å². The number of pyridine rings is 1. The van der Waals surface area contributed by atoms with Gasteiger partial charge in [-0.3, -0.25) is 4.98 Å². The van der Waals surface area contributed by atoms with Crippen molar-refractivity contribution in [1.29, 1.82) is 0 Å². The third-order valence-corrected chi connectivity index (χ3v) is 5.00. The fraction of sp³-hybridized carbons (Fsp3) is 0.471. The number of nitrogens with one attached hydrogen (secondary N) is 1. The van der Waals surface area contributed by atoms with Crippen LogP contribution in [0.25, 0.3) is 10.9 Å². The second-order valence-corrected chi connectivity index (χ2v) is 7.34. The Balaban J connectivity index is 2.26. The minimum Gasteiger partial charge on any atom is -0.384 e. The van der Waals surface area contributed by atoms with E-state index in [0.717, 1.165) is 36.3 Å². The van der Waals surface area contributed by atoms with Crippen LogP contribution in [0.2, 0.25) is 5.02 Å². The average Bonchev–Trinajstić information content (AvgIpc) is 2.69. The molecule has 1 aliphatic carbocycles. The van der Waals surface area contributed by atoms with Crippen molar-refractivity contribution < 1.29 is 0 Å². The van der Waals surface area contributed by atoms with Crippen molar-refractivity contribution in [2.24, 2.45) is 0 Å². The molecule has 0 saturated carbocycles. The summed E-state index contributed by atoms with van der Waals surface area (Å²) in [6.45, 7) is 3.19. The number of nitrogens with zero attached hydrogens (tertiary/aromatic N) is 1. The number of hydrogen-bond acceptors (Lipinski definition) is 2. The monoisotopic (exact) mass is 414 g/mol. The maximum absolute atomic E-state index is 6.46. The van der Waals surface area contributed by atoms with Crippen molar-refractivity contribution in [2.45, 2.75) is 45.4 Å². The highest BCUT2D eigenvalue weighted by atomic mass is 127. The Morgan fingerprint density at radius 1 is 1.24 bits per heavy atom. The molecule has 3 rings (SSSR count). The smallest absolute Gasteiger partial charge is 0.0913 e. The molecule has 0 bridgehead atoms. The molecule has 1 aliphatic rings. The van der Waals surface area contributed by atoms with E-state index in [0.29, 0.717) is 0 Å². The molecule has 0 radical (unpaired) electrons. The minimum absolute atomic E-state index is 0.767. The predicted octanol–water partition coefficient (Wildman–Crippen LogP) is 5.58. The molecule has 4 heteroatoms. The van der Waals surface area contributed by atoms with E-state index in [9.17, 15) is 0 Å². The molecule has 0 amide bonds. The van der Waals surface area contributed by atoms with Crippen molar-refractivity contribution in [3.63, 3.8) is 0 Å². The summed E-state index contributed by atoms with van der Waals surface area (Å²) >= 11 is 8.79. The fourth-order valence-corrected chi connectivity index (χ4v) is 4.15. The summed E-state index contributed by atoms with van der Waals surface area (Å²) in [6, 6.07) is 4.21. The summed E-state index contributed by atoms with van der Waals surface area (Å²) in [4.78, 5) is 4.91. The highest BCUT2D eigenvalue weighted by Gasteiger charge is 2.18. The lowest BCUT2D eigenvalue weighted by Crippen LogP contribution is -2.08. The van der Waals surface area contributed by atoms with Crippen LogP contribution in [-0.4, -0.2) is 11.5 Å². The van der Waals surface area contributed by atoms with Gasteiger partial charge in [-0.05, 0) is 72.4 Å². The van der Waals surface area contributed by atoms with Gasteiger partial charge in [0.2, 0.25) is 0 Å². The highest BCUT2D eigenvalue weighted by Crippen LogP contribution is 2.36. The van der Waals surface area contributed by atoms with Gasteiger partial charge in [-0.25, -0.2) is 0 Å². The van der Waals surface area contributed by atoms with Gasteiger partial charge >= 0.3 is 0 Å². The normalized spacial score (nSPS) is 14.8. The average molecular weight is 415 g/mol. The molecule has 21 heavy (non-hydrogen) atoms. The first-order valence-electron chi connectivity index (χ1n) is 7.75. The molecule has 0 unspecified atom stereocenters. The zero-order chi connectivity index (χ0) is 14.8. The third-order valence-electron chi connectivity index (χ3n) is 4.09. The van der Waals surface area contributed by atoms with Crippen LogP contribution < -0.4 is 5.32 Å². The van der Waals surface area contributed by atoms with Gasteiger partial charge in [-0.2, -0.15) is 0 Å². The van der Waals surface area contributed by atoms with Crippen LogP contribution in [0.3, 0.4) is 0 Å². The third kappa shape index (κ3) is 3.14. The van der Waals surface area contributed by atoms with E-state index >= 15 is 0 Å². The number of rotatable bonds is 3. The van der Waals surface area contributed by atoms with Crippen molar-refractivity contribution in [1.82, 2.24) is 4.98 Å². The van der Waals surface area contributed by atoms with Crippen molar-refractivity contribution >= 4 is 50.8 Å². The Hall–Kier alpha value is -0.550. The van der Waals surface area contributed by atoms with E-state index in [1.54, 1.807) is 0 Å². The topological polar surface area (TPSA) is 24.9 Å². The van der Waals surface area contributed by atoms with Crippen LogP contribution in [0, 0.1) is 3.57 Å². The van der Waals surface area contributed by atoms with Crippen LogP contribution in [-0.2, 0) is 12.8 Å². The van der Waals surface area contributed by atoms with Gasteiger partial charge in [0.15, 0.2) is 0 Å². The molecule has 1 heterocycles. The second-order valence-electron chi connectivity index (χ2n) is 5.68. The van der Waals surface area contributed by atoms with E-state index in [-0.39, 0.29) is 0 Å². The summed E-state index contributed by atoms with van der Waals surface area (Å²) in [5, 5.41) is 5.59. The standard InChI is InChI=1S/C17H20ClIN2/c1-2-8-20-16-12-6-4-3-5-7-15(12)21-17-13(16)9-11(19)10-14(17)18/h9-10H,2-8H2,1H3,(H,20,21). The molecule has 2 nitrogen and oxygen atoms in total. The Morgan fingerprint density at radius 2 is 2.05 bits per heavy atom. The molecule has 2 aromatic rings. The zero-order valence-corrected chi connectivity index (χ0v) is 15.2. The summed E-state index contributed by atoms with van der Waals surface area (Å²) < 4.78 is 1.17. The number of benzene rings is 1. The molecule has 0 atom stereocenters. The second kappa shape index (κ2) is 6.69. The molecule has 0 aliphatic heterocycles. The van der Waals surface area contributed by atoms with E-state index in [4.69, 9.17) is 16.6 Å². The first-order chi connectivity index (χ1) is 10.2. The van der Waals surface area contributed by atoms with Gasteiger partial charge in [0, 0.05) is 26.9 Å². The molecule has 0 fully saturated rings. The van der Waals surface area contributed by atoms with Crippen LogP contribution in [0.15, 0.2) is 12.1 Å². The van der Waals surface area contributed by atoms with Crippen molar-refractivity contribution in [2.75, 3.05) is 11.9 Å². The maximum atomic E-state index is 6.46. The van der Waals surface area contributed by atoms with Gasteiger partial charge in [0.25, 0.3) is 0 Å². The SMILES string of the molecule is CCCNc1c2c(nc3c(Cl)cc(I)cc13)CCCCC2. The quantitative estimate of drug-likeness (QED) is 0.523. The molecule has 1 aromatic carbocycles. The van der Waals surface area contributed by atoms with Crippen LogP contribution >= 0.6 is 34.2 Å². The number of hydrogen-bond donors (Lipinski definition) is 1. The van der Waals surface area contributed by atoms with Crippen LogP contribution in [0.5, 0.6) is 0 Å². The Morgan fingerprint density at radius 3 is 2.86 bits per heavy atom. The summed E-state index contributed by atoms with van der Waals surface area (Å²) in [5.41, 5.74) is 4.91. The Bertz CT molecular complexity index is 670. The van der Waals surface area contributed by atoms with Gasteiger partial charge in [0.1, 0.15) is 0 Å². The minimum atomic E-state index is 0.767. The van der Waals surface area contributed by atoms with E-state index < -0.39 is 0 Å². The molecule has 112 valence electrons. The first-order valence-corrected chi connectivity index (χ1v) is 9.20. The number of aromatic nitrogens is 1. The molecule has 0 saturated heterocycles. The van der Waals surface area contributed by atoms with Gasteiger partial charge in [-0.1, -0.05) is 24.9 Å². The maximum Gasteiger partial charge on any atom is 0.0913 e. The molecule has 0 spiro atoms. The summed E-state index contributed by atoms with van der Waals surface area (Å²) in [7, 11) is 0. The first kappa shape index (κ1) is 15.3. The van der Waals surface area contributed by atoms with Crippen molar-refractivity contribution in [3.8, 4) is 0 Å². The van der Waals surface area contributed by atoms with E-state index in [2.05, 4.69) is 40.9 Å². The van der Waals surface area contributed by atoms with Gasteiger partial charge in [-0.15, -0.1) is 0 Å². The van der Waals surface area contributed by atoms with Gasteiger partial charge in [0.05, 0.1) is 10.5 Å². The fourth-order valence-electron chi connectivity index (χ4n) is 3.08. The summed E-state index contributed by atoms with van der Waals surface area (Å²) in [6.07, 6.45) is 7.13. The lowest BCUT2D eigenvalue weighted by Gasteiger charge is -2.17. The number of aryl methyl sites for hydroxylation is 1. The zero-order valence-electron chi connectivity index (χ0n) is 12.3. The highest BCUT2D eigenvalue weighted by molar-refractivity contribution is 14.1. The van der Waals surface area contributed by atoms with Crippen molar-refractivity contribution in [3.05, 3.63) is 32.0 Å². The van der Waals surface area contributed by atoms with E-state index in [1.165, 1.54) is 45.2 Å². The number of fused-ring (bicyclic) bond motifs is 2. The molecular formula is C17H20ClIN2. The van der Waals surface area contributed by atoms with E-state index in [1.807, 2.05) is 6.07 Å². The number of halogens is 2. The van der Waals surface area contributed by atoms with Crippen LogP contribution in [0.4, 0.5) is 5.69 Å². The summed E-state index contributed by atoms with van der Waals surface area (Å²) in [5.74, 6) is 0. The van der Waals surface area contributed by atoms with Crippen LogP contribution in [0.1, 0.15) is 43.9 Å². The van der Waals surface area contributed by atoms with Gasteiger partial charge < -0.3 is 5.32 Å². The Kier molecular flexibility index (Phi) is 4.89. The molecule has 1 N–H and O–H groups in total. The lowest BCUT2D eigenvalue weighted by molar-refractivity contribution is 0.709. The molecule has 1 aromatic heterocycles. The largest absolute Gasteiger partial charge is 0.384 e. The predicted molar refractivity (Wildman–Crippen MR) is 99.5 cm³/mol.